The van der Waals surface area contributed by atoms with E-state index in [0.29, 0.717) is 23.0 Å². The van der Waals surface area contributed by atoms with Crippen LogP contribution < -0.4 is 0 Å². The molecule has 19 heavy (non-hydrogen) atoms. The molecule has 5 heteroatoms. The summed E-state index contributed by atoms with van der Waals surface area (Å²) < 4.78 is 0. The van der Waals surface area contributed by atoms with Crippen LogP contribution in [0.15, 0.2) is 30.6 Å². The van der Waals surface area contributed by atoms with E-state index in [1.54, 1.807) is 36.5 Å². The molecule has 1 aromatic heterocycles. The second-order valence-electron chi connectivity index (χ2n) is 4.36. The van der Waals surface area contributed by atoms with Gasteiger partial charge >= 0.3 is 0 Å². The smallest absolute Gasteiger partial charge is 0.256 e. The highest BCUT2D eigenvalue weighted by molar-refractivity contribution is 6.04. The zero-order valence-corrected chi connectivity index (χ0v) is 10.9. The van der Waals surface area contributed by atoms with E-state index in [0.717, 1.165) is 0 Å². The van der Waals surface area contributed by atoms with Crippen molar-refractivity contribution in [3.63, 3.8) is 0 Å². The van der Waals surface area contributed by atoms with Crippen LogP contribution in [0.5, 0.6) is 0 Å². The molecule has 0 fully saturated rings. The number of rotatable bonds is 3. The number of hydrogen-bond acceptors (Lipinski definition) is 4. The number of fused-ring (bicyclic) bond motifs is 1. The van der Waals surface area contributed by atoms with Crippen molar-refractivity contribution in [1.82, 2.24) is 14.9 Å². The number of benzene rings is 1. The van der Waals surface area contributed by atoms with E-state index < -0.39 is 0 Å². The van der Waals surface area contributed by atoms with E-state index in [1.807, 2.05) is 13.0 Å². The molecule has 5 nitrogen and oxygen atoms in total. The Morgan fingerprint density at radius 2 is 2.16 bits per heavy atom. The van der Waals surface area contributed by atoms with E-state index in [4.69, 9.17) is 5.26 Å². The van der Waals surface area contributed by atoms with E-state index in [-0.39, 0.29) is 11.9 Å². The van der Waals surface area contributed by atoms with Crippen LogP contribution in [0, 0.1) is 11.3 Å². The Balaban J connectivity index is 2.39. The van der Waals surface area contributed by atoms with Crippen LogP contribution in [0.4, 0.5) is 0 Å². The minimum Gasteiger partial charge on any atom is -0.338 e. The van der Waals surface area contributed by atoms with E-state index >= 15 is 0 Å². The lowest BCUT2D eigenvalue weighted by molar-refractivity contribution is 0.0748. The molecule has 0 N–H and O–H groups in total. The first-order valence-corrected chi connectivity index (χ1v) is 5.99. The zero-order valence-electron chi connectivity index (χ0n) is 10.9. The number of nitriles is 1. The number of amides is 1. The molecule has 0 aliphatic carbocycles. The highest BCUT2D eigenvalue weighted by Gasteiger charge is 2.19. The first-order valence-electron chi connectivity index (χ1n) is 5.99. The molecular weight excluding hydrogens is 240 g/mol. The molecule has 0 bridgehead atoms. The highest BCUT2D eigenvalue weighted by atomic mass is 16.2. The summed E-state index contributed by atoms with van der Waals surface area (Å²) in [5.41, 5.74) is 1.79. The summed E-state index contributed by atoms with van der Waals surface area (Å²) in [5, 5.41) is 8.70. The van der Waals surface area contributed by atoms with Crippen molar-refractivity contribution in [2.75, 3.05) is 7.05 Å². The Morgan fingerprint density at radius 1 is 1.42 bits per heavy atom. The minimum absolute atomic E-state index is 0.135. The van der Waals surface area contributed by atoms with Crippen molar-refractivity contribution >= 4 is 16.9 Å². The second-order valence-corrected chi connectivity index (χ2v) is 4.36. The quantitative estimate of drug-likeness (QED) is 0.840. The van der Waals surface area contributed by atoms with Gasteiger partial charge < -0.3 is 4.90 Å². The largest absolute Gasteiger partial charge is 0.338 e. The Labute approximate surface area is 111 Å². The van der Waals surface area contributed by atoms with Crippen LogP contribution in [0.1, 0.15) is 23.7 Å². The van der Waals surface area contributed by atoms with Gasteiger partial charge in [0, 0.05) is 25.5 Å². The normalized spacial score (nSPS) is 11.8. The molecule has 0 aliphatic rings. The maximum atomic E-state index is 12.4. The van der Waals surface area contributed by atoms with Gasteiger partial charge in [0.25, 0.3) is 5.91 Å². The summed E-state index contributed by atoms with van der Waals surface area (Å²) in [6.45, 7) is 1.85. The topological polar surface area (TPSA) is 69.9 Å². The second kappa shape index (κ2) is 5.44. The van der Waals surface area contributed by atoms with Gasteiger partial charge in [-0.3, -0.25) is 14.8 Å². The van der Waals surface area contributed by atoms with Gasteiger partial charge in [0.2, 0.25) is 0 Å². The summed E-state index contributed by atoms with van der Waals surface area (Å²) >= 11 is 0. The zero-order chi connectivity index (χ0) is 13.8. The van der Waals surface area contributed by atoms with Crippen molar-refractivity contribution in [3.8, 4) is 6.07 Å². The molecule has 0 aliphatic heterocycles. The predicted octanol–water partition coefficient (Wildman–Crippen LogP) is 2.00. The van der Waals surface area contributed by atoms with E-state index in [2.05, 4.69) is 16.0 Å². The van der Waals surface area contributed by atoms with E-state index in [9.17, 15) is 4.79 Å². The van der Waals surface area contributed by atoms with Crippen molar-refractivity contribution in [2.45, 2.75) is 19.4 Å². The number of para-hydroxylation sites is 1. The Hall–Kier alpha value is -2.48. The van der Waals surface area contributed by atoms with Gasteiger partial charge in [-0.25, -0.2) is 0 Å². The summed E-state index contributed by atoms with van der Waals surface area (Å²) in [6, 6.07) is 7.27. The first kappa shape index (κ1) is 13.0. The lowest BCUT2D eigenvalue weighted by Crippen LogP contribution is -2.35. The number of hydrogen-bond donors (Lipinski definition) is 0. The number of aromatic nitrogens is 2. The molecule has 1 unspecified atom stereocenters. The maximum absolute atomic E-state index is 12.4. The van der Waals surface area contributed by atoms with Gasteiger partial charge in [0.1, 0.15) is 5.52 Å². The van der Waals surface area contributed by atoms with Crippen LogP contribution in [-0.4, -0.2) is 33.9 Å². The van der Waals surface area contributed by atoms with Crippen molar-refractivity contribution in [3.05, 3.63) is 36.2 Å². The SMILES string of the molecule is CC(CC#N)N(C)C(=O)c1cccc2nccnc12. The third-order valence-corrected chi connectivity index (χ3v) is 3.10. The van der Waals surface area contributed by atoms with Crippen molar-refractivity contribution < 1.29 is 4.79 Å². The van der Waals surface area contributed by atoms with Gasteiger partial charge in [-0.1, -0.05) is 6.07 Å². The standard InChI is InChI=1S/C14H14N4O/c1-10(6-7-15)18(2)14(19)11-4-3-5-12-13(11)17-9-8-16-12/h3-5,8-10H,6H2,1-2H3. The molecule has 0 radical (unpaired) electrons. The molecule has 0 saturated carbocycles. The Kier molecular flexibility index (Phi) is 3.71. The molecule has 2 aromatic rings. The highest BCUT2D eigenvalue weighted by Crippen LogP contribution is 2.16. The van der Waals surface area contributed by atoms with Crippen LogP contribution in [0.25, 0.3) is 11.0 Å². The van der Waals surface area contributed by atoms with Crippen LogP contribution in [-0.2, 0) is 0 Å². The molecular formula is C14H14N4O. The van der Waals surface area contributed by atoms with Crippen molar-refractivity contribution in [1.29, 1.82) is 5.26 Å². The van der Waals surface area contributed by atoms with Gasteiger partial charge in [-0.2, -0.15) is 5.26 Å². The Bertz CT molecular complexity index is 642. The third-order valence-electron chi connectivity index (χ3n) is 3.10. The lowest BCUT2D eigenvalue weighted by atomic mass is 10.1. The maximum Gasteiger partial charge on any atom is 0.256 e. The summed E-state index contributed by atoms with van der Waals surface area (Å²) in [6.07, 6.45) is 3.47. The average Bonchev–Trinajstić information content (AvgIpc) is 2.45. The first-order chi connectivity index (χ1) is 9.15. The molecule has 1 aromatic carbocycles. The molecule has 1 heterocycles. The van der Waals surface area contributed by atoms with Gasteiger partial charge in [-0.15, -0.1) is 0 Å². The number of nitrogens with zero attached hydrogens (tertiary/aromatic N) is 4. The predicted molar refractivity (Wildman–Crippen MR) is 71.3 cm³/mol. The fourth-order valence-electron chi connectivity index (χ4n) is 1.82. The third kappa shape index (κ3) is 2.52. The minimum atomic E-state index is -0.145. The molecule has 0 spiro atoms. The lowest BCUT2D eigenvalue weighted by Gasteiger charge is -2.23. The molecule has 2 rings (SSSR count). The van der Waals surface area contributed by atoms with Crippen LogP contribution in [0.2, 0.25) is 0 Å². The molecule has 1 amide bonds. The average molecular weight is 254 g/mol. The number of carbonyl (C=O) groups is 1. The Morgan fingerprint density at radius 3 is 2.89 bits per heavy atom. The van der Waals surface area contributed by atoms with Gasteiger partial charge in [0.05, 0.1) is 23.6 Å². The van der Waals surface area contributed by atoms with E-state index in [1.165, 1.54) is 0 Å². The monoisotopic (exact) mass is 254 g/mol. The molecule has 0 saturated heterocycles. The van der Waals surface area contributed by atoms with Gasteiger partial charge in [0.15, 0.2) is 0 Å². The van der Waals surface area contributed by atoms with Crippen LogP contribution >= 0.6 is 0 Å². The summed E-state index contributed by atoms with van der Waals surface area (Å²) in [7, 11) is 1.69. The van der Waals surface area contributed by atoms with Crippen LogP contribution in [0.3, 0.4) is 0 Å². The summed E-state index contributed by atoms with van der Waals surface area (Å²) in [5.74, 6) is -0.145. The number of carbonyl (C=O) groups excluding carboxylic acids is 1. The molecule has 96 valence electrons. The molecule has 1 atom stereocenters. The fourth-order valence-corrected chi connectivity index (χ4v) is 1.82. The summed E-state index contributed by atoms with van der Waals surface area (Å²) in [4.78, 5) is 22.4. The van der Waals surface area contributed by atoms with Crippen molar-refractivity contribution in [2.24, 2.45) is 0 Å². The fraction of sp³-hybridized carbons (Fsp3) is 0.286. The van der Waals surface area contributed by atoms with Gasteiger partial charge in [-0.05, 0) is 19.1 Å².